The van der Waals surface area contributed by atoms with Crippen molar-refractivity contribution in [3.05, 3.63) is 17.7 Å². The predicted molar refractivity (Wildman–Crippen MR) is 110 cm³/mol. The molecule has 0 saturated carbocycles. The SMILES string of the molecule is COc1c(C)c(O)c2ccc(OC3OC(C)C(C)C(O)C3O)c(N=NC(C)=O)c2c1O. The minimum atomic E-state index is -1.35. The molecular weight excluding hydrogens is 408 g/mol. The molecule has 0 radical (unpaired) electrons. The number of methoxy groups -OCH3 is 1. The van der Waals surface area contributed by atoms with E-state index >= 15 is 0 Å². The third kappa shape index (κ3) is 4.01. The number of benzene rings is 2. The molecule has 0 bridgehead atoms. The molecular formula is C21H26N2O8. The normalized spacial score (nSPS) is 26.4. The lowest BCUT2D eigenvalue weighted by atomic mass is 9.92. The highest BCUT2D eigenvalue weighted by Gasteiger charge is 2.42. The van der Waals surface area contributed by atoms with Crippen molar-refractivity contribution in [1.82, 2.24) is 0 Å². The van der Waals surface area contributed by atoms with Crippen molar-refractivity contribution in [3.63, 3.8) is 0 Å². The van der Waals surface area contributed by atoms with Gasteiger partial charge in [-0.05, 0) is 26.0 Å². The van der Waals surface area contributed by atoms with Crippen LogP contribution < -0.4 is 9.47 Å². The first-order chi connectivity index (χ1) is 14.6. The number of carbonyl (C=O) groups is 1. The summed E-state index contributed by atoms with van der Waals surface area (Å²) in [6.45, 7) is 6.26. The lowest BCUT2D eigenvalue weighted by molar-refractivity contribution is -0.251. The van der Waals surface area contributed by atoms with E-state index < -0.39 is 30.5 Å². The van der Waals surface area contributed by atoms with E-state index in [1.54, 1.807) is 20.8 Å². The smallest absolute Gasteiger partial charge is 0.261 e. The third-order valence-corrected chi connectivity index (χ3v) is 5.54. The number of azo groups is 1. The summed E-state index contributed by atoms with van der Waals surface area (Å²) < 4.78 is 16.7. The minimum absolute atomic E-state index is 0.0103. The highest BCUT2D eigenvalue weighted by molar-refractivity contribution is 6.05. The molecule has 1 heterocycles. The van der Waals surface area contributed by atoms with Gasteiger partial charge in [-0.2, -0.15) is 0 Å². The number of nitrogens with zero attached hydrogens (tertiary/aromatic N) is 2. The zero-order chi connectivity index (χ0) is 23.0. The number of hydrogen-bond acceptors (Lipinski definition) is 9. The first kappa shape index (κ1) is 22.7. The van der Waals surface area contributed by atoms with Crippen molar-refractivity contribution < 1.29 is 39.4 Å². The van der Waals surface area contributed by atoms with Crippen LogP contribution in [0.5, 0.6) is 23.0 Å². The van der Waals surface area contributed by atoms with Crippen molar-refractivity contribution in [1.29, 1.82) is 0 Å². The number of fused-ring (bicyclic) bond motifs is 1. The molecule has 3 rings (SSSR count). The van der Waals surface area contributed by atoms with Crippen molar-refractivity contribution in [2.75, 3.05) is 7.11 Å². The van der Waals surface area contributed by atoms with Gasteiger partial charge in [0.1, 0.15) is 17.5 Å². The van der Waals surface area contributed by atoms with Gasteiger partial charge >= 0.3 is 0 Å². The van der Waals surface area contributed by atoms with Crippen LogP contribution in [0.15, 0.2) is 22.4 Å². The summed E-state index contributed by atoms with van der Waals surface area (Å²) in [5.41, 5.74) is 0.239. The summed E-state index contributed by atoms with van der Waals surface area (Å²) in [4.78, 5) is 11.4. The zero-order valence-corrected chi connectivity index (χ0v) is 17.9. The molecule has 31 heavy (non-hydrogen) atoms. The number of rotatable bonds is 4. The van der Waals surface area contributed by atoms with Crippen LogP contribution in [0, 0.1) is 12.8 Å². The van der Waals surface area contributed by atoms with Gasteiger partial charge in [-0.15, -0.1) is 10.2 Å². The number of aliphatic hydroxyl groups excluding tert-OH is 2. The Morgan fingerprint density at radius 1 is 1.13 bits per heavy atom. The van der Waals surface area contributed by atoms with Crippen LogP contribution in [0.3, 0.4) is 0 Å². The average Bonchev–Trinajstić information content (AvgIpc) is 2.73. The number of aromatic hydroxyl groups is 2. The molecule has 10 nitrogen and oxygen atoms in total. The zero-order valence-electron chi connectivity index (χ0n) is 17.9. The molecule has 2 aromatic carbocycles. The minimum Gasteiger partial charge on any atom is -0.507 e. The van der Waals surface area contributed by atoms with Crippen molar-refractivity contribution in [2.45, 2.75) is 52.3 Å². The number of aliphatic hydroxyl groups is 2. The van der Waals surface area contributed by atoms with Gasteiger partial charge in [-0.1, -0.05) is 6.92 Å². The van der Waals surface area contributed by atoms with E-state index in [-0.39, 0.29) is 45.4 Å². The van der Waals surface area contributed by atoms with Crippen LogP contribution in [0.25, 0.3) is 10.8 Å². The number of phenolic OH excluding ortho intramolecular Hbond substituents is 2. The maximum Gasteiger partial charge on any atom is 0.261 e. The van der Waals surface area contributed by atoms with E-state index in [0.29, 0.717) is 5.56 Å². The molecule has 168 valence electrons. The largest absolute Gasteiger partial charge is 0.507 e. The fourth-order valence-corrected chi connectivity index (χ4v) is 3.56. The molecule has 10 heteroatoms. The maximum atomic E-state index is 11.4. The second-order valence-corrected chi connectivity index (χ2v) is 7.58. The summed E-state index contributed by atoms with van der Waals surface area (Å²) in [5, 5.41) is 49.8. The van der Waals surface area contributed by atoms with Gasteiger partial charge in [-0.3, -0.25) is 4.79 Å². The maximum absolute atomic E-state index is 11.4. The van der Waals surface area contributed by atoms with Gasteiger partial charge in [0.15, 0.2) is 17.2 Å². The Balaban J connectivity index is 2.20. The summed E-state index contributed by atoms with van der Waals surface area (Å²) >= 11 is 0. The van der Waals surface area contributed by atoms with Crippen molar-refractivity contribution in [3.8, 4) is 23.0 Å². The number of carbonyl (C=O) groups excluding carboxylic acids is 1. The lowest BCUT2D eigenvalue weighted by Gasteiger charge is -2.40. The Bertz CT molecular complexity index is 1040. The molecule has 1 aliphatic heterocycles. The Morgan fingerprint density at radius 2 is 1.81 bits per heavy atom. The van der Waals surface area contributed by atoms with Gasteiger partial charge in [0.25, 0.3) is 5.91 Å². The molecule has 1 aliphatic rings. The predicted octanol–water partition coefficient (Wildman–Crippen LogP) is 2.68. The molecule has 5 atom stereocenters. The van der Waals surface area contributed by atoms with Gasteiger partial charge in [0.2, 0.25) is 6.29 Å². The molecule has 2 aromatic rings. The molecule has 0 aliphatic carbocycles. The summed E-state index contributed by atoms with van der Waals surface area (Å²) in [5.74, 6) is -1.37. The second-order valence-electron chi connectivity index (χ2n) is 7.58. The number of hydrogen-bond donors (Lipinski definition) is 4. The van der Waals surface area contributed by atoms with E-state index in [4.69, 9.17) is 14.2 Å². The Labute approximate surface area is 178 Å². The van der Waals surface area contributed by atoms with Gasteiger partial charge in [0, 0.05) is 23.8 Å². The fraction of sp³-hybridized carbons (Fsp3) is 0.476. The fourth-order valence-electron chi connectivity index (χ4n) is 3.56. The topological polar surface area (TPSA) is 150 Å². The van der Waals surface area contributed by atoms with Gasteiger partial charge in [0.05, 0.1) is 24.7 Å². The van der Waals surface area contributed by atoms with E-state index in [1.165, 1.54) is 26.2 Å². The molecule has 4 N–H and O–H groups in total. The number of ether oxygens (including phenoxy) is 3. The molecule has 1 amide bonds. The molecule has 0 spiro atoms. The van der Waals surface area contributed by atoms with Crippen LogP contribution in [0.4, 0.5) is 5.69 Å². The summed E-state index contributed by atoms with van der Waals surface area (Å²) in [6.07, 6.45) is -4.09. The van der Waals surface area contributed by atoms with E-state index in [9.17, 15) is 25.2 Å². The first-order valence-electron chi connectivity index (χ1n) is 9.74. The van der Waals surface area contributed by atoms with Gasteiger partial charge in [-0.25, -0.2) is 0 Å². The Hall–Kier alpha value is -2.95. The average molecular weight is 434 g/mol. The first-order valence-corrected chi connectivity index (χ1v) is 9.74. The van der Waals surface area contributed by atoms with Crippen molar-refractivity contribution in [2.24, 2.45) is 16.1 Å². The van der Waals surface area contributed by atoms with Crippen molar-refractivity contribution >= 4 is 22.4 Å². The summed E-state index contributed by atoms with van der Waals surface area (Å²) in [6, 6.07) is 2.92. The van der Waals surface area contributed by atoms with E-state index in [0.717, 1.165) is 0 Å². The third-order valence-electron chi connectivity index (χ3n) is 5.54. The van der Waals surface area contributed by atoms with Crippen LogP contribution in [-0.4, -0.2) is 58.0 Å². The Kier molecular flexibility index (Phi) is 6.35. The molecule has 1 saturated heterocycles. The van der Waals surface area contributed by atoms with Gasteiger partial charge < -0.3 is 34.6 Å². The second kappa shape index (κ2) is 8.66. The molecule has 1 fully saturated rings. The molecule has 0 aromatic heterocycles. The Morgan fingerprint density at radius 3 is 2.42 bits per heavy atom. The monoisotopic (exact) mass is 434 g/mol. The lowest BCUT2D eigenvalue weighted by Crippen LogP contribution is -2.54. The number of phenols is 2. The van der Waals surface area contributed by atoms with Crippen LogP contribution >= 0.6 is 0 Å². The standard InChI is InChI=1S/C21H26N2O8/c1-8-10(3)30-21(19(28)17(8)26)31-13-7-6-12-14(15(13)23-22-11(4)24)18(27)20(29-5)9(2)16(12)25/h6-8,10,17,19,21,25-28H,1-5H3. The highest BCUT2D eigenvalue weighted by Crippen LogP contribution is 2.51. The number of amides is 1. The van der Waals surface area contributed by atoms with E-state index in [2.05, 4.69) is 10.2 Å². The van der Waals surface area contributed by atoms with Crippen LogP contribution in [-0.2, 0) is 9.53 Å². The van der Waals surface area contributed by atoms with E-state index in [1.807, 2.05) is 0 Å². The quantitative estimate of drug-likeness (QED) is 0.424. The highest BCUT2D eigenvalue weighted by atomic mass is 16.7. The van der Waals surface area contributed by atoms with Crippen LogP contribution in [0.2, 0.25) is 0 Å². The summed E-state index contributed by atoms with van der Waals surface area (Å²) in [7, 11) is 1.33. The van der Waals surface area contributed by atoms with Crippen LogP contribution in [0.1, 0.15) is 26.3 Å². The molecule has 5 unspecified atom stereocenters.